The Morgan fingerprint density at radius 1 is 1.50 bits per heavy atom. The summed E-state index contributed by atoms with van der Waals surface area (Å²) in [7, 11) is 0. The molecule has 0 aromatic heterocycles. The van der Waals surface area contributed by atoms with Crippen molar-refractivity contribution in [2.45, 2.75) is 26.3 Å². The number of nitrogens with one attached hydrogen (secondary N) is 1. The molecule has 0 saturated carbocycles. The molecule has 20 heavy (non-hydrogen) atoms. The lowest BCUT2D eigenvalue weighted by Crippen LogP contribution is -2.21. The van der Waals surface area contributed by atoms with Crippen LogP contribution in [0.4, 0.5) is 4.39 Å². The zero-order valence-electron chi connectivity index (χ0n) is 11.6. The summed E-state index contributed by atoms with van der Waals surface area (Å²) in [6.07, 6.45) is 1.89. The van der Waals surface area contributed by atoms with Gasteiger partial charge in [-0.1, -0.05) is 18.1 Å². The molecule has 1 aromatic carbocycles. The number of aliphatic hydroxyl groups excluding tert-OH is 1. The highest BCUT2D eigenvalue weighted by atomic mass is 19.1. The van der Waals surface area contributed by atoms with Crippen LogP contribution in [0.15, 0.2) is 23.4 Å². The van der Waals surface area contributed by atoms with Crippen molar-refractivity contribution in [1.82, 2.24) is 5.32 Å². The van der Waals surface area contributed by atoms with Crippen LogP contribution < -0.4 is 11.1 Å². The third-order valence-electron chi connectivity index (χ3n) is 3.13. The highest BCUT2D eigenvalue weighted by Crippen LogP contribution is 2.11. The van der Waals surface area contributed by atoms with E-state index in [0.29, 0.717) is 18.0 Å². The van der Waals surface area contributed by atoms with E-state index in [-0.39, 0.29) is 12.4 Å². The summed E-state index contributed by atoms with van der Waals surface area (Å²) in [6, 6.07) is 4.21. The summed E-state index contributed by atoms with van der Waals surface area (Å²) in [5.41, 5.74) is 6.70. The van der Waals surface area contributed by atoms with E-state index >= 15 is 0 Å². The van der Waals surface area contributed by atoms with Gasteiger partial charge in [0.25, 0.3) is 0 Å². The monoisotopic (exact) mass is 283 g/mol. The molecule has 0 fully saturated rings. The van der Waals surface area contributed by atoms with E-state index in [9.17, 15) is 4.39 Å². The van der Waals surface area contributed by atoms with E-state index < -0.39 is 5.82 Å². The number of hydrogen-bond donors (Lipinski definition) is 4. The largest absolute Gasteiger partial charge is 0.409 e. The molecule has 0 aliphatic carbocycles. The number of hydrogen-bond acceptors (Lipinski definition) is 4. The van der Waals surface area contributed by atoms with E-state index in [1.807, 2.05) is 6.92 Å². The van der Waals surface area contributed by atoms with Crippen LogP contribution >= 0.6 is 0 Å². The lowest BCUT2D eigenvalue weighted by atomic mass is 10.1. The molecule has 0 aliphatic rings. The Bertz CT molecular complexity index is 452. The predicted molar refractivity (Wildman–Crippen MR) is 76.1 cm³/mol. The highest BCUT2D eigenvalue weighted by Gasteiger charge is 2.08. The maximum atomic E-state index is 13.2. The molecule has 1 atom stereocenters. The molecule has 0 saturated heterocycles. The number of halogens is 1. The lowest BCUT2D eigenvalue weighted by molar-refractivity contribution is 0.228. The van der Waals surface area contributed by atoms with Crippen molar-refractivity contribution < 1.29 is 14.7 Å². The normalized spacial score (nSPS) is 13.4. The Morgan fingerprint density at radius 3 is 2.90 bits per heavy atom. The van der Waals surface area contributed by atoms with Gasteiger partial charge in [0.15, 0.2) is 5.84 Å². The van der Waals surface area contributed by atoms with Gasteiger partial charge in [0.05, 0.1) is 0 Å². The first kappa shape index (κ1) is 16.4. The number of rotatable bonds is 8. The molecule has 0 bridgehead atoms. The van der Waals surface area contributed by atoms with Crippen molar-refractivity contribution in [2.24, 2.45) is 16.8 Å². The maximum Gasteiger partial charge on any atom is 0.170 e. The fraction of sp³-hybridized carbons (Fsp3) is 0.500. The molecule has 0 heterocycles. The van der Waals surface area contributed by atoms with Gasteiger partial charge >= 0.3 is 0 Å². The SMILES string of the molecule is CC(CO)CCCNCc1ccc(F)cc1/C(N)=N/O. The Kier molecular flexibility index (Phi) is 6.97. The molecule has 5 N–H and O–H groups in total. The van der Waals surface area contributed by atoms with Gasteiger partial charge in [0.2, 0.25) is 0 Å². The van der Waals surface area contributed by atoms with Gasteiger partial charge in [-0.15, -0.1) is 0 Å². The summed E-state index contributed by atoms with van der Waals surface area (Å²) >= 11 is 0. The highest BCUT2D eigenvalue weighted by molar-refractivity contribution is 5.98. The Labute approximate surface area is 118 Å². The second kappa shape index (κ2) is 8.50. The van der Waals surface area contributed by atoms with Crippen molar-refractivity contribution in [3.63, 3.8) is 0 Å². The first-order valence-electron chi connectivity index (χ1n) is 6.66. The molecular weight excluding hydrogens is 261 g/mol. The van der Waals surface area contributed by atoms with Crippen LogP contribution in [-0.4, -0.2) is 29.3 Å². The van der Waals surface area contributed by atoms with E-state index in [4.69, 9.17) is 16.0 Å². The van der Waals surface area contributed by atoms with Crippen molar-refractivity contribution in [3.8, 4) is 0 Å². The van der Waals surface area contributed by atoms with Gasteiger partial charge in [0.1, 0.15) is 5.82 Å². The molecule has 1 aromatic rings. The van der Waals surface area contributed by atoms with Gasteiger partial charge in [-0.05, 0) is 43.0 Å². The van der Waals surface area contributed by atoms with Crippen molar-refractivity contribution in [1.29, 1.82) is 0 Å². The molecule has 0 spiro atoms. The smallest absolute Gasteiger partial charge is 0.170 e. The van der Waals surface area contributed by atoms with Crippen molar-refractivity contribution >= 4 is 5.84 Å². The first-order chi connectivity index (χ1) is 9.58. The number of aliphatic hydroxyl groups is 1. The zero-order valence-corrected chi connectivity index (χ0v) is 11.6. The first-order valence-corrected chi connectivity index (χ1v) is 6.66. The Hall–Kier alpha value is -1.66. The van der Waals surface area contributed by atoms with Crippen LogP contribution in [0, 0.1) is 11.7 Å². The molecule has 6 heteroatoms. The molecule has 1 unspecified atom stereocenters. The number of amidine groups is 1. The summed E-state index contributed by atoms with van der Waals surface area (Å²) in [6.45, 7) is 3.50. The van der Waals surface area contributed by atoms with E-state index in [1.54, 1.807) is 6.07 Å². The minimum Gasteiger partial charge on any atom is -0.409 e. The van der Waals surface area contributed by atoms with Gasteiger partial charge in [0, 0.05) is 18.7 Å². The number of nitrogens with zero attached hydrogens (tertiary/aromatic N) is 1. The second-order valence-corrected chi connectivity index (χ2v) is 4.89. The standard InChI is InChI=1S/C14H22FN3O2/c1-10(9-19)3-2-6-17-8-11-4-5-12(15)7-13(11)14(16)18-20/h4-5,7,10,17,19-20H,2-3,6,8-9H2,1H3,(H2,16,18). The van der Waals surface area contributed by atoms with Crippen LogP contribution in [0.2, 0.25) is 0 Å². The lowest BCUT2D eigenvalue weighted by Gasteiger charge is -2.11. The fourth-order valence-electron chi connectivity index (χ4n) is 1.89. The molecular formula is C14H22FN3O2. The third kappa shape index (κ3) is 5.14. The fourth-order valence-corrected chi connectivity index (χ4v) is 1.89. The number of nitrogens with two attached hydrogens (primary N) is 1. The van der Waals surface area contributed by atoms with Gasteiger partial charge in [-0.3, -0.25) is 0 Å². The van der Waals surface area contributed by atoms with E-state index in [2.05, 4.69) is 10.5 Å². The topological polar surface area (TPSA) is 90.9 Å². The minimum atomic E-state index is -0.424. The maximum absolute atomic E-state index is 13.2. The average molecular weight is 283 g/mol. The molecule has 1 rings (SSSR count). The quantitative estimate of drug-likeness (QED) is 0.191. The predicted octanol–water partition coefficient (Wildman–Crippen LogP) is 1.42. The summed E-state index contributed by atoms with van der Waals surface area (Å²) in [5.74, 6) is -0.224. The van der Waals surface area contributed by atoms with Crippen LogP contribution in [0.25, 0.3) is 0 Å². The second-order valence-electron chi connectivity index (χ2n) is 4.89. The summed E-state index contributed by atoms with van der Waals surface area (Å²) in [4.78, 5) is 0. The third-order valence-corrected chi connectivity index (χ3v) is 3.13. The van der Waals surface area contributed by atoms with Crippen LogP contribution in [0.1, 0.15) is 30.9 Å². The summed E-state index contributed by atoms with van der Waals surface area (Å²) < 4.78 is 13.2. The zero-order chi connectivity index (χ0) is 15.0. The van der Waals surface area contributed by atoms with E-state index in [0.717, 1.165) is 24.9 Å². The van der Waals surface area contributed by atoms with Gasteiger partial charge in [-0.2, -0.15) is 0 Å². The average Bonchev–Trinajstić information content (AvgIpc) is 2.46. The summed E-state index contributed by atoms with van der Waals surface area (Å²) in [5, 5.41) is 23.7. The number of benzene rings is 1. The van der Waals surface area contributed by atoms with E-state index in [1.165, 1.54) is 12.1 Å². The molecule has 0 amide bonds. The van der Waals surface area contributed by atoms with Gasteiger partial charge in [-0.25, -0.2) is 4.39 Å². The van der Waals surface area contributed by atoms with Crippen LogP contribution in [-0.2, 0) is 6.54 Å². The molecule has 0 radical (unpaired) electrons. The minimum absolute atomic E-state index is 0.102. The molecule has 0 aliphatic heterocycles. The van der Waals surface area contributed by atoms with Crippen LogP contribution in [0.3, 0.4) is 0 Å². The van der Waals surface area contributed by atoms with Crippen molar-refractivity contribution in [2.75, 3.05) is 13.2 Å². The van der Waals surface area contributed by atoms with Gasteiger partial charge < -0.3 is 21.4 Å². The molecule has 112 valence electrons. The van der Waals surface area contributed by atoms with Crippen LogP contribution in [0.5, 0.6) is 0 Å². The molecule has 5 nitrogen and oxygen atoms in total. The van der Waals surface area contributed by atoms with Crippen molar-refractivity contribution in [3.05, 3.63) is 35.1 Å². The number of oxime groups is 1. The Morgan fingerprint density at radius 2 is 2.25 bits per heavy atom. The Balaban J connectivity index is 2.51.